The molecule has 2 N–H and O–H groups in total. The normalized spacial score (nSPS) is 26.6. The Morgan fingerprint density at radius 3 is 2.64 bits per heavy atom. The molecule has 2 aliphatic rings. The standard InChI is InChI=1S/C21H29BN2O3S/c1-2-23-20(26)27-16-7-10-21(11-8-16,15-9-12-28-13-15)14-24-19(25)17-5-3-4-6-18(17)22/h3-6,9,12,15-16H,2,7-8,10-11,13-14,22H2,1H3,(H,23,26)(H,24,25)/t15?,16-,21+. The molecule has 0 radical (unpaired) electrons. The second kappa shape index (κ2) is 9.55. The SMILES string of the molecule is Bc1ccccc1C(=O)NC[C@]1(C2C=CSC2)CC[C@@H](OC(=O)NCC)CC1. The van der Waals surface area contributed by atoms with E-state index in [-0.39, 0.29) is 23.5 Å². The van der Waals surface area contributed by atoms with Gasteiger partial charge in [0.1, 0.15) is 14.0 Å². The summed E-state index contributed by atoms with van der Waals surface area (Å²) in [7, 11) is 1.96. The summed E-state index contributed by atoms with van der Waals surface area (Å²) < 4.78 is 5.54. The van der Waals surface area contributed by atoms with Crippen LogP contribution in [-0.4, -0.2) is 44.8 Å². The summed E-state index contributed by atoms with van der Waals surface area (Å²) in [4.78, 5) is 24.5. The van der Waals surface area contributed by atoms with Crippen LogP contribution >= 0.6 is 11.8 Å². The Balaban J connectivity index is 1.64. The number of rotatable bonds is 6. The zero-order valence-corrected chi connectivity index (χ0v) is 17.5. The van der Waals surface area contributed by atoms with E-state index in [1.807, 2.05) is 50.8 Å². The third-order valence-corrected chi connectivity index (χ3v) is 6.88. The molecule has 3 rings (SSSR count). The number of amides is 2. The van der Waals surface area contributed by atoms with Crippen LogP contribution in [0.1, 0.15) is 43.0 Å². The van der Waals surface area contributed by atoms with Crippen LogP contribution in [-0.2, 0) is 4.74 Å². The highest BCUT2D eigenvalue weighted by Gasteiger charge is 2.42. The van der Waals surface area contributed by atoms with Crippen molar-refractivity contribution in [3.05, 3.63) is 41.3 Å². The molecule has 1 fully saturated rings. The van der Waals surface area contributed by atoms with Crippen molar-refractivity contribution < 1.29 is 14.3 Å². The Kier molecular flexibility index (Phi) is 7.10. The van der Waals surface area contributed by atoms with Crippen LogP contribution in [0.3, 0.4) is 0 Å². The fraction of sp³-hybridized carbons (Fsp3) is 0.524. The van der Waals surface area contributed by atoms with Crippen LogP contribution in [0.5, 0.6) is 0 Å². The third-order valence-electron chi connectivity index (χ3n) is 5.98. The Hall–Kier alpha value is -1.89. The van der Waals surface area contributed by atoms with Gasteiger partial charge in [0.15, 0.2) is 0 Å². The van der Waals surface area contributed by atoms with Crippen LogP contribution < -0.4 is 16.1 Å². The third kappa shape index (κ3) is 4.93. The lowest BCUT2D eigenvalue weighted by Crippen LogP contribution is -2.46. The summed E-state index contributed by atoms with van der Waals surface area (Å²) in [6, 6.07) is 7.69. The van der Waals surface area contributed by atoms with Gasteiger partial charge in [-0.1, -0.05) is 35.8 Å². The molecule has 1 saturated carbocycles. The topological polar surface area (TPSA) is 67.4 Å². The number of carbonyl (C=O) groups excluding carboxylic acids is 2. The molecular formula is C21H29BN2O3S. The molecule has 1 aromatic rings. The minimum atomic E-state index is -0.329. The first-order chi connectivity index (χ1) is 13.5. The second-order valence-corrected chi connectivity index (χ2v) is 8.70. The fourth-order valence-corrected chi connectivity index (χ4v) is 5.31. The summed E-state index contributed by atoms with van der Waals surface area (Å²) >= 11 is 1.84. The molecule has 1 aromatic carbocycles. The molecule has 0 spiro atoms. The number of benzene rings is 1. The Labute approximate surface area is 172 Å². The zero-order chi connectivity index (χ0) is 20.0. The molecule has 1 atom stereocenters. The van der Waals surface area contributed by atoms with E-state index in [4.69, 9.17) is 4.74 Å². The van der Waals surface area contributed by atoms with Crippen LogP contribution in [0, 0.1) is 11.3 Å². The number of thioether (sulfide) groups is 1. The van der Waals surface area contributed by atoms with E-state index in [0.717, 1.165) is 42.5 Å². The van der Waals surface area contributed by atoms with E-state index in [9.17, 15) is 9.59 Å². The van der Waals surface area contributed by atoms with Crippen molar-refractivity contribution in [2.24, 2.45) is 11.3 Å². The highest BCUT2D eigenvalue weighted by molar-refractivity contribution is 8.02. The number of alkyl carbamates (subject to hydrolysis) is 1. The van der Waals surface area contributed by atoms with Gasteiger partial charge in [-0.2, -0.15) is 0 Å². The highest BCUT2D eigenvalue weighted by atomic mass is 32.2. The van der Waals surface area contributed by atoms with Gasteiger partial charge in [0, 0.05) is 24.4 Å². The molecule has 1 heterocycles. The van der Waals surface area contributed by atoms with Crippen molar-refractivity contribution in [1.29, 1.82) is 0 Å². The summed E-state index contributed by atoms with van der Waals surface area (Å²) in [6.07, 6.45) is 5.49. The van der Waals surface area contributed by atoms with Crippen molar-refractivity contribution in [1.82, 2.24) is 10.6 Å². The lowest BCUT2D eigenvalue weighted by molar-refractivity contribution is 0.0250. The Morgan fingerprint density at radius 1 is 1.25 bits per heavy atom. The summed E-state index contributed by atoms with van der Waals surface area (Å²) in [5.41, 5.74) is 1.76. The van der Waals surface area contributed by atoms with E-state index in [0.29, 0.717) is 19.0 Å². The van der Waals surface area contributed by atoms with E-state index in [1.54, 1.807) is 0 Å². The minimum Gasteiger partial charge on any atom is -0.446 e. The molecule has 5 nitrogen and oxygen atoms in total. The first-order valence-electron chi connectivity index (χ1n) is 10.1. The van der Waals surface area contributed by atoms with Crippen LogP contribution in [0.15, 0.2) is 35.7 Å². The fourth-order valence-electron chi connectivity index (χ4n) is 4.23. The number of carbonyl (C=O) groups is 2. The summed E-state index contributed by atoms with van der Waals surface area (Å²) in [5.74, 6) is 1.50. The lowest BCUT2D eigenvalue weighted by Gasteiger charge is -2.43. The maximum absolute atomic E-state index is 12.7. The molecule has 1 aliphatic heterocycles. The van der Waals surface area contributed by atoms with Crippen LogP contribution in [0.4, 0.5) is 4.79 Å². The lowest BCUT2D eigenvalue weighted by atomic mass is 9.65. The first kappa shape index (κ1) is 20.8. The smallest absolute Gasteiger partial charge is 0.407 e. The predicted octanol–water partition coefficient (Wildman–Crippen LogP) is 2.23. The molecular weight excluding hydrogens is 371 g/mol. The van der Waals surface area contributed by atoms with Gasteiger partial charge < -0.3 is 15.4 Å². The predicted molar refractivity (Wildman–Crippen MR) is 117 cm³/mol. The van der Waals surface area contributed by atoms with E-state index in [1.165, 1.54) is 0 Å². The Morgan fingerprint density at radius 2 is 2.00 bits per heavy atom. The first-order valence-corrected chi connectivity index (χ1v) is 11.2. The van der Waals surface area contributed by atoms with Crippen molar-refractivity contribution in [3.63, 3.8) is 0 Å². The van der Waals surface area contributed by atoms with Gasteiger partial charge in [-0.3, -0.25) is 4.79 Å². The molecule has 7 heteroatoms. The number of ether oxygens (including phenoxy) is 1. The van der Waals surface area contributed by atoms with Crippen LogP contribution in [0.2, 0.25) is 0 Å². The monoisotopic (exact) mass is 400 g/mol. The molecule has 1 aliphatic carbocycles. The molecule has 1 unspecified atom stereocenters. The van der Waals surface area contributed by atoms with Gasteiger partial charge in [-0.05, 0) is 49.3 Å². The van der Waals surface area contributed by atoms with Crippen molar-refractivity contribution in [2.75, 3.05) is 18.8 Å². The quantitative estimate of drug-likeness (QED) is 0.719. The molecule has 0 bridgehead atoms. The average Bonchev–Trinajstić information content (AvgIpc) is 3.23. The van der Waals surface area contributed by atoms with Gasteiger partial charge >= 0.3 is 6.09 Å². The van der Waals surface area contributed by atoms with Gasteiger partial charge in [0.05, 0.1) is 0 Å². The number of hydrogen-bond donors (Lipinski definition) is 2. The maximum Gasteiger partial charge on any atom is 0.407 e. The number of hydrogen-bond acceptors (Lipinski definition) is 4. The van der Waals surface area contributed by atoms with Crippen molar-refractivity contribution in [2.45, 2.75) is 38.7 Å². The summed E-state index contributed by atoms with van der Waals surface area (Å²) in [6.45, 7) is 3.11. The van der Waals surface area contributed by atoms with E-state index < -0.39 is 0 Å². The molecule has 0 aromatic heterocycles. The number of allylic oxidation sites excluding steroid dienone is 1. The average molecular weight is 400 g/mol. The van der Waals surface area contributed by atoms with Crippen molar-refractivity contribution in [3.8, 4) is 0 Å². The minimum absolute atomic E-state index is 0.00667. The largest absolute Gasteiger partial charge is 0.446 e. The maximum atomic E-state index is 12.7. The van der Waals surface area contributed by atoms with Gasteiger partial charge in [0.2, 0.25) is 0 Å². The van der Waals surface area contributed by atoms with Crippen LogP contribution in [0.25, 0.3) is 0 Å². The molecule has 0 saturated heterocycles. The summed E-state index contributed by atoms with van der Waals surface area (Å²) in [5, 5.41) is 8.07. The molecule has 150 valence electrons. The van der Waals surface area contributed by atoms with E-state index >= 15 is 0 Å². The highest BCUT2D eigenvalue weighted by Crippen LogP contribution is 2.47. The van der Waals surface area contributed by atoms with E-state index in [2.05, 4.69) is 22.1 Å². The molecule has 28 heavy (non-hydrogen) atoms. The van der Waals surface area contributed by atoms with Gasteiger partial charge in [-0.25, -0.2) is 4.79 Å². The zero-order valence-electron chi connectivity index (χ0n) is 16.7. The number of nitrogens with one attached hydrogen (secondary N) is 2. The van der Waals surface area contributed by atoms with Gasteiger partial charge in [0.25, 0.3) is 5.91 Å². The Bertz CT molecular complexity index is 732. The van der Waals surface area contributed by atoms with Crippen molar-refractivity contribution >= 4 is 37.1 Å². The second-order valence-electron chi connectivity index (χ2n) is 7.76. The molecule has 2 amide bonds. The van der Waals surface area contributed by atoms with Gasteiger partial charge in [-0.15, -0.1) is 11.8 Å².